The van der Waals surface area contributed by atoms with Crippen molar-refractivity contribution in [3.63, 3.8) is 0 Å². The minimum atomic E-state index is -1.21. The van der Waals surface area contributed by atoms with Gasteiger partial charge in [0.15, 0.2) is 0 Å². The smallest absolute Gasteiger partial charge is 0.229 e. The molecule has 14 heteroatoms. The van der Waals surface area contributed by atoms with Crippen molar-refractivity contribution < 1.29 is 39.2 Å². The quantitative estimate of drug-likeness (QED) is 0.102. The molecule has 2 bridgehead atoms. The molecule has 2 N–H and O–H groups in total. The Morgan fingerprint density at radius 3 is 1.08 bits per heavy atom. The SMILES string of the molecule is C1C[NH+]2CC[NH+]1CC2.CC(C)CC[C@H](C(C)C)N1C(=O)[C@@](C)(CC(=O)[O-])CC(c2cccc(Cl)c2)[C@H]1c1ccc(Cl)cc1.CC(C)CC[C@H](C(C)C)N1C(=O)[C@@](C)(CC(=O)[O-])CC(c2cccc(Cl)c2)[C@H]1c1ccc(Cl)cc1. The molecule has 78 heavy (non-hydrogen) atoms. The van der Waals surface area contributed by atoms with Crippen LogP contribution in [0.1, 0.15) is 167 Å². The molecule has 5 saturated heterocycles. The van der Waals surface area contributed by atoms with Gasteiger partial charge in [-0.05, 0) is 133 Å². The van der Waals surface area contributed by atoms with E-state index in [-0.39, 0.29) is 72.5 Å². The fraction of sp³-hybridized carbons (Fsp3) is 0.562. The van der Waals surface area contributed by atoms with Crippen LogP contribution in [0.3, 0.4) is 0 Å². The third kappa shape index (κ3) is 16.3. The molecule has 5 fully saturated rings. The lowest BCUT2D eigenvalue weighted by Gasteiger charge is -2.53. The Balaban J connectivity index is 0.000000219. The van der Waals surface area contributed by atoms with Crippen LogP contribution in [0.25, 0.3) is 0 Å². The molecule has 0 aromatic heterocycles. The van der Waals surface area contributed by atoms with Crippen molar-refractivity contribution in [3.8, 4) is 0 Å². The van der Waals surface area contributed by atoms with E-state index in [2.05, 4.69) is 55.4 Å². The van der Waals surface area contributed by atoms with Crippen molar-refractivity contribution in [2.75, 3.05) is 39.3 Å². The minimum absolute atomic E-state index is 0.0476. The molecule has 4 aromatic rings. The van der Waals surface area contributed by atoms with Gasteiger partial charge in [0, 0.05) is 68.8 Å². The van der Waals surface area contributed by atoms with Gasteiger partial charge in [-0.1, -0.05) is 164 Å². The summed E-state index contributed by atoms with van der Waals surface area (Å²) >= 11 is 25.2. The van der Waals surface area contributed by atoms with Crippen LogP contribution in [0.4, 0.5) is 0 Å². The molecular weight excluding hydrogens is 1060 g/mol. The number of quaternary nitrogens is 2. The summed E-state index contributed by atoms with van der Waals surface area (Å²) in [5.74, 6) is -1.58. The van der Waals surface area contributed by atoms with E-state index in [0.717, 1.165) is 47.9 Å². The Morgan fingerprint density at radius 1 is 0.500 bits per heavy atom. The average molecular weight is 1150 g/mol. The summed E-state index contributed by atoms with van der Waals surface area (Å²) in [4.78, 5) is 59.8. The van der Waals surface area contributed by atoms with E-state index in [0.29, 0.717) is 44.8 Å². The topological polar surface area (TPSA) is 130 Å². The molecule has 0 aliphatic carbocycles. The Labute approximate surface area is 486 Å². The van der Waals surface area contributed by atoms with Gasteiger partial charge in [0.2, 0.25) is 11.8 Å². The van der Waals surface area contributed by atoms with Crippen LogP contribution in [-0.4, -0.2) is 84.9 Å². The second-order valence-corrected chi connectivity index (χ2v) is 26.7. The third-order valence-corrected chi connectivity index (χ3v) is 18.1. The van der Waals surface area contributed by atoms with Crippen molar-refractivity contribution in [2.24, 2.45) is 34.5 Å². The summed E-state index contributed by atoms with van der Waals surface area (Å²) in [6.45, 7) is 29.4. The van der Waals surface area contributed by atoms with E-state index < -0.39 is 22.8 Å². The van der Waals surface area contributed by atoms with Crippen molar-refractivity contribution in [3.05, 3.63) is 139 Å². The third-order valence-electron chi connectivity index (χ3n) is 17.1. The highest BCUT2D eigenvalue weighted by molar-refractivity contribution is 6.31. The number of nitrogens with one attached hydrogen (secondary N) is 2. The highest BCUT2D eigenvalue weighted by Gasteiger charge is 2.53. The van der Waals surface area contributed by atoms with Gasteiger partial charge < -0.3 is 39.4 Å². The zero-order chi connectivity index (χ0) is 57.2. The van der Waals surface area contributed by atoms with Gasteiger partial charge >= 0.3 is 0 Å². The van der Waals surface area contributed by atoms with Crippen LogP contribution in [-0.2, 0) is 19.2 Å². The molecule has 426 valence electrons. The van der Waals surface area contributed by atoms with Crippen LogP contribution < -0.4 is 20.0 Å². The van der Waals surface area contributed by atoms with Crippen LogP contribution in [0.5, 0.6) is 0 Å². The zero-order valence-corrected chi connectivity index (χ0v) is 50.8. The maximum absolute atomic E-state index is 14.3. The lowest BCUT2D eigenvalue weighted by Crippen LogP contribution is -3.35. The number of nitrogens with zero attached hydrogens (tertiary/aromatic N) is 2. The maximum atomic E-state index is 14.3. The monoisotopic (exact) mass is 1150 g/mol. The predicted octanol–water partition coefficient (Wildman–Crippen LogP) is 10.1. The molecule has 5 heterocycles. The number of fused-ring (bicyclic) bond motifs is 3. The summed E-state index contributed by atoms with van der Waals surface area (Å²) < 4.78 is 0. The Bertz CT molecular complexity index is 2430. The van der Waals surface area contributed by atoms with Crippen LogP contribution >= 0.6 is 46.4 Å². The molecule has 8 atom stereocenters. The Kier molecular flexibility index (Phi) is 22.6. The van der Waals surface area contributed by atoms with E-state index >= 15 is 0 Å². The van der Waals surface area contributed by atoms with Crippen LogP contribution in [0.15, 0.2) is 97.1 Å². The molecular formula is C64H86Cl4N4O6. The van der Waals surface area contributed by atoms with Crippen LogP contribution in [0.2, 0.25) is 20.1 Å². The normalized spacial score (nSPS) is 25.9. The predicted molar refractivity (Wildman–Crippen MR) is 312 cm³/mol. The van der Waals surface area contributed by atoms with Gasteiger partial charge in [-0.25, -0.2) is 0 Å². The molecule has 2 amide bonds. The number of amides is 2. The molecule has 5 aliphatic heterocycles. The molecule has 2 unspecified atom stereocenters. The van der Waals surface area contributed by atoms with E-state index in [1.54, 1.807) is 13.8 Å². The second-order valence-electron chi connectivity index (χ2n) is 24.9. The average Bonchev–Trinajstić information content (AvgIpc) is 3.53. The van der Waals surface area contributed by atoms with Crippen molar-refractivity contribution >= 4 is 70.2 Å². The van der Waals surface area contributed by atoms with Crippen molar-refractivity contribution in [2.45, 2.75) is 157 Å². The van der Waals surface area contributed by atoms with Gasteiger partial charge in [0.05, 0.1) is 22.9 Å². The molecule has 0 radical (unpaired) electrons. The van der Waals surface area contributed by atoms with Gasteiger partial charge in [0.25, 0.3) is 0 Å². The number of piperazine rings is 3. The molecule has 9 rings (SSSR count). The van der Waals surface area contributed by atoms with E-state index in [4.69, 9.17) is 46.4 Å². The highest BCUT2D eigenvalue weighted by Crippen LogP contribution is 2.55. The number of rotatable bonds is 18. The number of aliphatic carboxylic acids is 2. The van der Waals surface area contributed by atoms with Crippen molar-refractivity contribution in [1.82, 2.24) is 9.80 Å². The minimum Gasteiger partial charge on any atom is -0.550 e. The summed E-state index contributed by atoms with van der Waals surface area (Å²) in [5.41, 5.74) is 1.79. The first-order chi connectivity index (χ1) is 36.8. The molecule has 0 saturated carbocycles. The second kappa shape index (κ2) is 28.0. The van der Waals surface area contributed by atoms with Crippen molar-refractivity contribution in [1.29, 1.82) is 0 Å². The van der Waals surface area contributed by atoms with Gasteiger partial charge in [0.1, 0.15) is 39.3 Å². The maximum Gasteiger partial charge on any atom is 0.229 e. The fourth-order valence-electron chi connectivity index (χ4n) is 12.9. The number of carbonyl (C=O) groups is 4. The van der Waals surface area contributed by atoms with E-state index in [1.165, 1.54) is 39.3 Å². The standard InChI is InChI=1S/2C29H37Cl2NO3.C6H12N2/c2*1-18(2)9-14-25(19(3)4)32-27(20-10-12-22(30)13-11-20)24(21-7-6-8-23(31)15-21)16-29(5,28(32)35)17-26(33)34;1-2-8-5-3-7(1)4-6-8/h2*6-8,10-13,15,18-19,24-25,27H,9,14,16-17H2,1-5H3,(H,33,34);1-6H2/t2*24?,25-,27-,29-;/m11./s1. The van der Waals surface area contributed by atoms with Gasteiger partial charge in [-0.15, -0.1) is 0 Å². The lowest BCUT2D eigenvalue weighted by molar-refractivity contribution is -1.06. The molecule has 0 spiro atoms. The molecule has 10 nitrogen and oxygen atoms in total. The van der Waals surface area contributed by atoms with E-state index in [1.807, 2.05) is 117 Å². The van der Waals surface area contributed by atoms with Gasteiger partial charge in [-0.2, -0.15) is 0 Å². The van der Waals surface area contributed by atoms with Gasteiger partial charge in [-0.3, -0.25) is 9.59 Å². The largest absolute Gasteiger partial charge is 0.550 e. The fourth-order valence-corrected chi connectivity index (χ4v) is 13.5. The summed E-state index contributed by atoms with van der Waals surface area (Å²) in [5, 5.41) is 26.1. The first kappa shape index (κ1) is 63.0. The Hall–Kier alpha value is -4.16. The number of likely N-dealkylation sites (tertiary alicyclic amines) is 2. The first-order valence-electron chi connectivity index (χ1n) is 28.5. The number of hydrogen-bond acceptors (Lipinski definition) is 6. The number of hydrogen-bond donors (Lipinski definition) is 2. The highest BCUT2D eigenvalue weighted by atomic mass is 35.5. The number of carboxylic acids is 2. The van der Waals surface area contributed by atoms with E-state index in [9.17, 15) is 29.4 Å². The summed E-state index contributed by atoms with van der Waals surface area (Å²) in [6.07, 6.45) is 3.77. The lowest BCUT2D eigenvalue weighted by atomic mass is 9.66. The first-order valence-corrected chi connectivity index (χ1v) is 30.1. The Morgan fingerprint density at radius 2 is 0.821 bits per heavy atom. The van der Waals surface area contributed by atoms with Crippen LogP contribution in [0, 0.1) is 34.5 Å². The number of benzene rings is 4. The summed E-state index contributed by atoms with van der Waals surface area (Å²) in [6, 6.07) is 30.0. The number of halogens is 4. The number of carbonyl (C=O) groups excluding carboxylic acids is 4. The summed E-state index contributed by atoms with van der Waals surface area (Å²) in [7, 11) is 0. The molecule has 4 aromatic carbocycles. The number of carboxylic acid groups (broad SMARTS) is 2. The zero-order valence-electron chi connectivity index (χ0n) is 47.8. The molecule has 5 aliphatic rings. The number of piperidine rings is 2.